The van der Waals surface area contributed by atoms with Crippen molar-refractivity contribution in [3.05, 3.63) is 29.8 Å². The lowest BCUT2D eigenvalue weighted by Gasteiger charge is -2.32. The summed E-state index contributed by atoms with van der Waals surface area (Å²) in [5.41, 5.74) is 0.439. The molecule has 0 bridgehead atoms. The van der Waals surface area contributed by atoms with Crippen molar-refractivity contribution < 1.29 is 14.3 Å². The number of nitrogens with zero attached hydrogens (tertiary/aromatic N) is 2. The molecule has 2 rings (SSSR count). The minimum Gasteiger partial charge on any atom is -0.482 e. The van der Waals surface area contributed by atoms with Gasteiger partial charge in [-0.1, -0.05) is 19.1 Å². The Morgan fingerprint density at radius 1 is 1.55 bits per heavy atom. The van der Waals surface area contributed by atoms with Crippen molar-refractivity contribution in [2.24, 2.45) is 0 Å². The molecule has 5 heteroatoms. The lowest BCUT2D eigenvalue weighted by atomic mass is 10.2. The molecular weight excluding hydrogens is 256 g/mol. The van der Waals surface area contributed by atoms with Crippen LogP contribution in [0.4, 0.5) is 0 Å². The van der Waals surface area contributed by atoms with Crippen molar-refractivity contribution in [3.8, 4) is 11.8 Å². The molecule has 1 heterocycles. The summed E-state index contributed by atoms with van der Waals surface area (Å²) in [7, 11) is 0. The summed E-state index contributed by atoms with van der Waals surface area (Å²) >= 11 is 0. The molecule has 5 nitrogen and oxygen atoms in total. The first-order valence-electron chi connectivity index (χ1n) is 6.76. The van der Waals surface area contributed by atoms with Crippen molar-refractivity contribution in [3.63, 3.8) is 0 Å². The number of carbonyl (C=O) groups is 1. The van der Waals surface area contributed by atoms with Gasteiger partial charge in [0.2, 0.25) is 0 Å². The maximum atomic E-state index is 12.1. The van der Waals surface area contributed by atoms with Crippen molar-refractivity contribution >= 4 is 5.91 Å². The van der Waals surface area contributed by atoms with Crippen LogP contribution in [-0.2, 0) is 9.53 Å². The van der Waals surface area contributed by atoms with Crippen LogP contribution in [0.3, 0.4) is 0 Å². The molecule has 1 aromatic carbocycles. The molecule has 1 atom stereocenters. The first kappa shape index (κ1) is 14.4. The molecular formula is C15H18N2O3. The van der Waals surface area contributed by atoms with Gasteiger partial charge < -0.3 is 14.4 Å². The quantitative estimate of drug-likeness (QED) is 0.836. The Balaban J connectivity index is 1.90. The van der Waals surface area contributed by atoms with Crippen LogP contribution in [0.1, 0.15) is 18.9 Å². The summed E-state index contributed by atoms with van der Waals surface area (Å²) in [4.78, 5) is 13.9. The molecule has 0 spiro atoms. The van der Waals surface area contributed by atoms with Crippen molar-refractivity contribution in [1.29, 1.82) is 5.26 Å². The second-order valence-corrected chi connectivity index (χ2v) is 4.64. The van der Waals surface area contributed by atoms with Gasteiger partial charge in [0.05, 0.1) is 18.3 Å². The summed E-state index contributed by atoms with van der Waals surface area (Å²) in [6.07, 6.45) is 1.00. The number of nitriles is 1. The third-order valence-electron chi connectivity index (χ3n) is 3.31. The van der Waals surface area contributed by atoms with E-state index >= 15 is 0 Å². The number of hydrogen-bond donors (Lipinski definition) is 0. The molecule has 0 aromatic heterocycles. The van der Waals surface area contributed by atoms with Crippen LogP contribution < -0.4 is 4.74 Å². The third kappa shape index (κ3) is 3.49. The van der Waals surface area contributed by atoms with Crippen LogP contribution in [0.15, 0.2) is 24.3 Å². The summed E-state index contributed by atoms with van der Waals surface area (Å²) in [5.74, 6) is 0.378. The third-order valence-corrected chi connectivity index (χ3v) is 3.31. The zero-order valence-electron chi connectivity index (χ0n) is 11.5. The Bertz CT molecular complexity index is 510. The van der Waals surface area contributed by atoms with Gasteiger partial charge in [0.25, 0.3) is 5.91 Å². The van der Waals surface area contributed by atoms with E-state index in [4.69, 9.17) is 14.7 Å². The zero-order chi connectivity index (χ0) is 14.4. The number of benzene rings is 1. The minimum atomic E-state index is -0.0699. The predicted molar refractivity (Wildman–Crippen MR) is 73.3 cm³/mol. The number of hydrogen-bond acceptors (Lipinski definition) is 4. The molecule has 20 heavy (non-hydrogen) atoms. The zero-order valence-corrected chi connectivity index (χ0v) is 11.5. The van der Waals surface area contributed by atoms with Gasteiger partial charge in [-0.25, -0.2) is 0 Å². The van der Waals surface area contributed by atoms with Gasteiger partial charge in [0, 0.05) is 13.1 Å². The highest BCUT2D eigenvalue weighted by atomic mass is 16.5. The predicted octanol–water partition coefficient (Wildman–Crippen LogP) is 1.57. The summed E-state index contributed by atoms with van der Waals surface area (Å²) in [6, 6.07) is 8.95. The maximum absolute atomic E-state index is 12.1. The van der Waals surface area contributed by atoms with E-state index in [0.29, 0.717) is 31.0 Å². The Kier molecular flexibility index (Phi) is 4.97. The molecule has 1 fully saturated rings. The first-order valence-corrected chi connectivity index (χ1v) is 6.76. The first-order chi connectivity index (χ1) is 9.74. The van der Waals surface area contributed by atoms with E-state index in [1.54, 1.807) is 29.2 Å². The van der Waals surface area contributed by atoms with E-state index in [1.807, 2.05) is 13.0 Å². The number of carbonyl (C=O) groups excluding carboxylic acids is 1. The van der Waals surface area contributed by atoms with E-state index in [-0.39, 0.29) is 18.6 Å². The van der Waals surface area contributed by atoms with Gasteiger partial charge in [-0.15, -0.1) is 0 Å². The minimum absolute atomic E-state index is 0.0465. The Morgan fingerprint density at radius 2 is 2.35 bits per heavy atom. The second kappa shape index (κ2) is 6.92. The lowest BCUT2D eigenvalue weighted by molar-refractivity contribution is -0.141. The highest BCUT2D eigenvalue weighted by molar-refractivity contribution is 5.78. The van der Waals surface area contributed by atoms with Crippen LogP contribution in [0.5, 0.6) is 5.75 Å². The standard InChI is InChI=1S/C15H18N2O3/c1-2-13-10-17(7-8-19-13)15(18)11-20-14-6-4-3-5-12(14)9-16/h3-6,13H,2,7-8,10-11H2,1H3. The van der Waals surface area contributed by atoms with Crippen LogP contribution >= 0.6 is 0 Å². The molecule has 1 saturated heterocycles. The van der Waals surface area contributed by atoms with Crippen molar-refractivity contribution in [1.82, 2.24) is 4.90 Å². The van der Waals surface area contributed by atoms with Crippen LogP contribution in [0, 0.1) is 11.3 Å². The Labute approximate surface area is 118 Å². The smallest absolute Gasteiger partial charge is 0.260 e. The fourth-order valence-corrected chi connectivity index (χ4v) is 2.11. The molecule has 1 amide bonds. The van der Waals surface area contributed by atoms with Gasteiger partial charge in [0.1, 0.15) is 11.8 Å². The van der Waals surface area contributed by atoms with E-state index in [9.17, 15) is 4.79 Å². The van der Waals surface area contributed by atoms with Crippen LogP contribution in [-0.4, -0.2) is 43.2 Å². The fourth-order valence-electron chi connectivity index (χ4n) is 2.11. The van der Waals surface area contributed by atoms with Crippen LogP contribution in [0.25, 0.3) is 0 Å². The number of morpholine rings is 1. The molecule has 0 N–H and O–H groups in total. The van der Waals surface area contributed by atoms with Crippen LogP contribution in [0.2, 0.25) is 0 Å². The number of para-hydroxylation sites is 1. The molecule has 1 aliphatic heterocycles. The van der Waals surface area contributed by atoms with Gasteiger partial charge in [-0.2, -0.15) is 5.26 Å². The number of ether oxygens (including phenoxy) is 2. The number of amides is 1. The van der Waals surface area contributed by atoms with Gasteiger partial charge >= 0.3 is 0 Å². The van der Waals surface area contributed by atoms with Gasteiger partial charge in [0.15, 0.2) is 6.61 Å². The summed E-state index contributed by atoms with van der Waals surface area (Å²) in [5, 5.41) is 8.96. The van der Waals surface area contributed by atoms with Gasteiger partial charge in [-0.3, -0.25) is 4.79 Å². The summed E-state index contributed by atoms with van der Waals surface area (Å²) in [6.45, 7) is 3.77. The second-order valence-electron chi connectivity index (χ2n) is 4.64. The molecule has 0 saturated carbocycles. The van der Waals surface area contributed by atoms with E-state index in [2.05, 4.69) is 0 Å². The van der Waals surface area contributed by atoms with E-state index in [0.717, 1.165) is 6.42 Å². The Hall–Kier alpha value is -2.06. The SMILES string of the molecule is CCC1CN(C(=O)COc2ccccc2C#N)CCO1. The average Bonchev–Trinajstić information content (AvgIpc) is 2.52. The largest absolute Gasteiger partial charge is 0.482 e. The molecule has 1 unspecified atom stereocenters. The normalized spacial score (nSPS) is 18.4. The lowest BCUT2D eigenvalue weighted by Crippen LogP contribution is -2.47. The topological polar surface area (TPSA) is 62.6 Å². The van der Waals surface area contributed by atoms with E-state index in [1.165, 1.54) is 0 Å². The maximum Gasteiger partial charge on any atom is 0.260 e. The van der Waals surface area contributed by atoms with Crippen molar-refractivity contribution in [2.45, 2.75) is 19.4 Å². The summed E-state index contributed by atoms with van der Waals surface area (Å²) < 4.78 is 11.0. The molecule has 106 valence electrons. The Morgan fingerprint density at radius 3 is 3.10 bits per heavy atom. The molecule has 1 aliphatic rings. The highest BCUT2D eigenvalue weighted by Crippen LogP contribution is 2.17. The van der Waals surface area contributed by atoms with Gasteiger partial charge in [-0.05, 0) is 18.6 Å². The average molecular weight is 274 g/mol. The number of rotatable bonds is 4. The molecule has 1 aromatic rings. The van der Waals surface area contributed by atoms with E-state index < -0.39 is 0 Å². The van der Waals surface area contributed by atoms with Crippen molar-refractivity contribution in [2.75, 3.05) is 26.3 Å². The monoisotopic (exact) mass is 274 g/mol. The molecule has 0 aliphatic carbocycles. The molecule has 0 radical (unpaired) electrons. The highest BCUT2D eigenvalue weighted by Gasteiger charge is 2.23. The fraction of sp³-hybridized carbons (Fsp3) is 0.467.